The number of carbonyl (C=O) groups excluding carboxylic acids is 2. The molecule has 1 fully saturated rings. The van der Waals surface area contributed by atoms with Crippen LogP contribution in [0.25, 0.3) is 0 Å². The van der Waals surface area contributed by atoms with Gasteiger partial charge in [0.1, 0.15) is 12.2 Å². The van der Waals surface area contributed by atoms with Crippen molar-refractivity contribution in [1.82, 2.24) is 0 Å². The van der Waals surface area contributed by atoms with Gasteiger partial charge in [0.05, 0.1) is 11.3 Å². The number of benzene rings is 1. The molecule has 1 aliphatic rings. The second-order valence-corrected chi connectivity index (χ2v) is 8.62. The lowest BCUT2D eigenvalue weighted by molar-refractivity contribution is -0.163. The van der Waals surface area contributed by atoms with E-state index in [9.17, 15) is 9.59 Å². The predicted octanol–water partition coefficient (Wildman–Crippen LogP) is 5.45. The van der Waals surface area contributed by atoms with Crippen molar-refractivity contribution in [3.05, 3.63) is 34.9 Å². The minimum Gasteiger partial charge on any atom is -0.462 e. The van der Waals surface area contributed by atoms with E-state index in [2.05, 4.69) is 18.2 Å². The number of ether oxygens (including phenoxy) is 2. The molecule has 0 heterocycles. The zero-order valence-electron chi connectivity index (χ0n) is 17.6. The standard InChI is InChI=1S/C23H34O4/c1-7-23(5,6)22(25)27-20-10-8-18(9-11-20)21(24)26-17(4)19-13-15(2)12-16(3)14-19/h12-14,17-18,20H,7-11H2,1-6H3. The molecular weight excluding hydrogens is 340 g/mol. The lowest BCUT2D eigenvalue weighted by Crippen LogP contribution is -2.33. The first-order valence-corrected chi connectivity index (χ1v) is 10.1. The molecule has 1 aromatic carbocycles. The molecule has 0 N–H and O–H groups in total. The van der Waals surface area contributed by atoms with Crippen molar-refractivity contribution in [3.63, 3.8) is 0 Å². The minimum absolute atomic E-state index is 0.0794. The van der Waals surface area contributed by atoms with Crippen LogP contribution in [0.4, 0.5) is 0 Å². The van der Waals surface area contributed by atoms with Gasteiger partial charge in [-0.1, -0.05) is 36.2 Å². The first-order chi connectivity index (χ1) is 12.6. The fraction of sp³-hybridized carbons (Fsp3) is 0.652. The Morgan fingerprint density at radius 1 is 1.07 bits per heavy atom. The van der Waals surface area contributed by atoms with E-state index in [1.54, 1.807) is 0 Å². The topological polar surface area (TPSA) is 52.6 Å². The van der Waals surface area contributed by atoms with Gasteiger partial charge in [-0.2, -0.15) is 0 Å². The van der Waals surface area contributed by atoms with Crippen LogP contribution < -0.4 is 0 Å². The van der Waals surface area contributed by atoms with E-state index < -0.39 is 5.41 Å². The van der Waals surface area contributed by atoms with Crippen LogP contribution in [0.1, 0.15) is 82.6 Å². The summed E-state index contributed by atoms with van der Waals surface area (Å²) < 4.78 is 11.4. The molecule has 4 nitrogen and oxygen atoms in total. The molecule has 1 unspecified atom stereocenters. The van der Waals surface area contributed by atoms with Crippen LogP contribution >= 0.6 is 0 Å². The highest BCUT2D eigenvalue weighted by Crippen LogP contribution is 2.31. The summed E-state index contributed by atoms with van der Waals surface area (Å²) in [7, 11) is 0. The molecule has 150 valence electrons. The van der Waals surface area contributed by atoms with Crippen molar-refractivity contribution in [2.75, 3.05) is 0 Å². The predicted molar refractivity (Wildman–Crippen MR) is 106 cm³/mol. The lowest BCUT2D eigenvalue weighted by atomic mass is 9.86. The van der Waals surface area contributed by atoms with Crippen LogP contribution in [0.5, 0.6) is 0 Å². The van der Waals surface area contributed by atoms with E-state index in [1.165, 1.54) is 11.1 Å². The summed E-state index contributed by atoms with van der Waals surface area (Å²) >= 11 is 0. The Balaban J connectivity index is 1.85. The Bertz CT molecular complexity index is 649. The Kier molecular flexibility index (Phi) is 7.07. The smallest absolute Gasteiger partial charge is 0.311 e. The molecular formula is C23H34O4. The van der Waals surface area contributed by atoms with Gasteiger partial charge in [-0.3, -0.25) is 9.59 Å². The van der Waals surface area contributed by atoms with Crippen molar-refractivity contribution >= 4 is 11.9 Å². The summed E-state index contributed by atoms with van der Waals surface area (Å²) in [6, 6.07) is 6.24. The maximum atomic E-state index is 12.6. The SMILES string of the molecule is CCC(C)(C)C(=O)OC1CCC(C(=O)OC(C)c2cc(C)cc(C)c2)CC1. The van der Waals surface area contributed by atoms with Gasteiger partial charge in [-0.25, -0.2) is 0 Å². The van der Waals surface area contributed by atoms with Crippen molar-refractivity contribution in [2.24, 2.45) is 11.3 Å². The summed E-state index contributed by atoms with van der Waals surface area (Å²) in [6.45, 7) is 11.8. The molecule has 0 spiro atoms. The average Bonchev–Trinajstić information content (AvgIpc) is 2.61. The number of aryl methyl sites for hydroxylation is 2. The monoisotopic (exact) mass is 374 g/mol. The summed E-state index contributed by atoms with van der Waals surface area (Å²) in [4.78, 5) is 24.8. The normalized spacial score (nSPS) is 21.4. The van der Waals surface area contributed by atoms with Gasteiger partial charge in [-0.05, 0) is 72.3 Å². The third-order valence-electron chi connectivity index (χ3n) is 5.72. The first-order valence-electron chi connectivity index (χ1n) is 10.1. The molecule has 0 radical (unpaired) electrons. The van der Waals surface area contributed by atoms with Crippen LogP contribution in [0, 0.1) is 25.2 Å². The van der Waals surface area contributed by atoms with Gasteiger partial charge < -0.3 is 9.47 Å². The molecule has 0 bridgehead atoms. The van der Waals surface area contributed by atoms with E-state index in [0.717, 1.165) is 24.8 Å². The maximum absolute atomic E-state index is 12.6. The Morgan fingerprint density at radius 2 is 1.63 bits per heavy atom. The van der Waals surface area contributed by atoms with Gasteiger partial charge in [0.2, 0.25) is 0 Å². The maximum Gasteiger partial charge on any atom is 0.311 e. The third-order valence-corrected chi connectivity index (χ3v) is 5.72. The molecule has 0 amide bonds. The number of rotatable bonds is 6. The zero-order chi connectivity index (χ0) is 20.2. The Labute approximate surface area is 163 Å². The van der Waals surface area contributed by atoms with Crippen LogP contribution in [-0.4, -0.2) is 18.0 Å². The molecule has 1 aliphatic carbocycles. The molecule has 0 saturated heterocycles. The quantitative estimate of drug-likeness (QED) is 0.622. The molecule has 2 rings (SSSR count). The summed E-state index contributed by atoms with van der Waals surface area (Å²) in [5, 5.41) is 0. The van der Waals surface area contributed by atoms with Crippen molar-refractivity contribution in [2.45, 2.75) is 85.9 Å². The van der Waals surface area contributed by atoms with Gasteiger partial charge in [0, 0.05) is 0 Å². The Morgan fingerprint density at radius 3 is 2.15 bits per heavy atom. The molecule has 0 aliphatic heterocycles. The molecule has 4 heteroatoms. The van der Waals surface area contributed by atoms with E-state index in [-0.39, 0.29) is 30.1 Å². The Hall–Kier alpha value is -1.84. The summed E-state index contributed by atoms with van der Waals surface area (Å²) in [6.07, 6.45) is 3.29. The van der Waals surface area contributed by atoms with Crippen LogP contribution in [-0.2, 0) is 19.1 Å². The van der Waals surface area contributed by atoms with Crippen LogP contribution in [0.2, 0.25) is 0 Å². The highest BCUT2D eigenvalue weighted by Gasteiger charge is 2.33. The van der Waals surface area contributed by atoms with Gasteiger partial charge in [0.15, 0.2) is 0 Å². The van der Waals surface area contributed by atoms with Crippen molar-refractivity contribution in [1.29, 1.82) is 0 Å². The highest BCUT2D eigenvalue weighted by molar-refractivity contribution is 5.76. The second-order valence-electron chi connectivity index (χ2n) is 8.62. The van der Waals surface area contributed by atoms with E-state index >= 15 is 0 Å². The van der Waals surface area contributed by atoms with Crippen molar-refractivity contribution < 1.29 is 19.1 Å². The molecule has 0 aromatic heterocycles. The minimum atomic E-state index is -0.447. The second kappa shape index (κ2) is 8.90. The molecule has 1 aromatic rings. The summed E-state index contributed by atoms with van der Waals surface area (Å²) in [5.41, 5.74) is 2.93. The fourth-order valence-corrected chi connectivity index (χ4v) is 3.45. The molecule has 27 heavy (non-hydrogen) atoms. The van der Waals surface area contributed by atoms with Crippen LogP contribution in [0.15, 0.2) is 18.2 Å². The van der Waals surface area contributed by atoms with Crippen LogP contribution in [0.3, 0.4) is 0 Å². The average molecular weight is 375 g/mol. The third kappa shape index (κ3) is 5.82. The zero-order valence-corrected chi connectivity index (χ0v) is 17.6. The van der Waals surface area contributed by atoms with E-state index in [0.29, 0.717) is 12.8 Å². The van der Waals surface area contributed by atoms with Gasteiger partial charge in [-0.15, -0.1) is 0 Å². The van der Waals surface area contributed by atoms with Gasteiger partial charge in [0.25, 0.3) is 0 Å². The molecule has 1 saturated carbocycles. The van der Waals surface area contributed by atoms with Gasteiger partial charge >= 0.3 is 11.9 Å². The number of hydrogen-bond donors (Lipinski definition) is 0. The fourth-order valence-electron chi connectivity index (χ4n) is 3.45. The lowest BCUT2D eigenvalue weighted by Gasteiger charge is -2.30. The largest absolute Gasteiger partial charge is 0.462 e. The summed E-state index contributed by atoms with van der Waals surface area (Å²) in [5.74, 6) is -0.382. The number of hydrogen-bond acceptors (Lipinski definition) is 4. The highest BCUT2D eigenvalue weighted by atomic mass is 16.5. The first kappa shape index (κ1) is 21.5. The molecule has 1 atom stereocenters. The van der Waals surface area contributed by atoms with E-state index in [4.69, 9.17) is 9.47 Å². The van der Waals surface area contributed by atoms with E-state index in [1.807, 2.05) is 41.5 Å². The number of carbonyl (C=O) groups is 2. The number of esters is 2. The van der Waals surface area contributed by atoms with Crippen molar-refractivity contribution in [3.8, 4) is 0 Å².